The number of fused-ring (bicyclic) bond motifs is 1. The van der Waals surface area contributed by atoms with Crippen molar-refractivity contribution < 1.29 is 9.53 Å². The molecule has 0 bridgehead atoms. The average molecular weight is 400 g/mol. The Morgan fingerprint density at radius 3 is 2.78 bits per heavy atom. The van der Waals surface area contributed by atoms with Crippen LogP contribution >= 0.6 is 28.3 Å². The standard InChI is InChI=1S/C17H19BrN2O2.ClH/c18-14-5-3-13-9-16(6-4-12(13)8-14)22-11-17(21)20-7-1-2-15(20)10-19;/h3-6,8-9,15H,1-2,7,10-11,19H2;1H. The van der Waals surface area contributed by atoms with E-state index in [9.17, 15) is 4.79 Å². The molecule has 1 aliphatic heterocycles. The number of ether oxygens (including phenoxy) is 1. The molecule has 0 spiro atoms. The highest BCUT2D eigenvalue weighted by Gasteiger charge is 2.27. The lowest BCUT2D eigenvalue weighted by molar-refractivity contribution is -0.134. The normalized spacial score (nSPS) is 17.1. The van der Waals surface area contributed by atoms with E-state index in [2.05, 4.69) is 22.0 Å². The molecule has 0 saturated carbocycles. The van der Waals surface area contributed by atoms with Gasteiger partial charge in [-0.2, -0.15) is 0 Å². The number of amides is 1. The molecule has 1 saturated heterocycles. The molecule has 1 heterocycles. The van der Waals surface area contributed by atoms with Crippen molar-refractivity contribution in [3.63, 3.8) is 0 Å². The second-order valence-electron chi connectivity index (χ2n) is 5.56. The van der Waals surface area contributed by atoms with E-state index in [1.807, 2.05) is 35.2 Å². The zero-order valence-electron chi connectivity index (χ0n) is 12.7. The summed E-state index contributed by atoms with van der Waals surface area (Å²) in [7, 11) is 0. The molecule has 1 fully saturated rings. The highest BCUT2D eigenvalue weighted by molar-refractivity contribution is 9.10. The number of likely N-dealkylation sites (tertiary alicyclic amines) is 1. The van der Waals surface area contributed by atoms with E-state index < -0.39 is 0 Å². The number of carbonyl (C=O) groups is 1. The van der Waals surface area contributed by atoms with Gasteiger partial charge in [-0.05, 0) is 47.9 Å². The fourth-order valence-electron chi connectivity index (χ4n) is 2.92. The van der Waals surface area contributed by atoms with Crippen molar-refractivity contribution in [3.05, 3.63) is 40.9 Å². The molecule has 1 amide bonds. The van der Waals surface area contributed by atoms with Gasteiger partial charge in [-0.25, -0.2) is 0 Å². The maximum atomic E-state index is 12.2. The van der Waals surface area contributed by atoms with E-state index >= 15 is 0 Å². The van der Waals surface area contributed by atoms with E-state index in [0.29, 0.717) is 12.3 Å². The van der Waals surface area contributed by atoms with Crippen molar-refractivity contribution in [2.24, 2.45) is 5.73 Å². The van der Waals surface area contributed by atoms with Crippen LogP contribution in [0.15, 0.2) is 40.9 Å². The highest BCUT2D eigenvalue weighted by Crippen LogP contribution is 2.24. The van der Waals surface area contributed by atoms with Crippen LogP contribution in [0.1, 0.15) is 12.8 Å². The zero-order valence-corrected chi connectivity index (χ0v) is 15.1. The molecule has 124 valence electrons. The molecule has 2 N–H and O–H groups in total. The Bertz CT molecular complexity index is 695. The predicted molar refractivity (Wildman–Crippen MR) is 98.2 cm³/mol. The monoisotopic (exact) mass is 398 g/mol. The van der Waals surface area contributed by atoms with Gasteiger partial charge in [0.25, 0.3) is 5.91 Å². The van der Waals surface area contributed by atoms with Crippen LogP contribution in [0, 0.1) is 0 Å². The van der Waals surface area contributed by atoms with E-state index in [-0.39, 0.29) is 31.0 Å². The van der Waals surface area contributed by atoms with Crippen molar-refractivity contribution in [2.45, 2.75) is 18.9 Å². The van der Waals surface area contributed by atoms with Crippen LogP contribution in [-0.2, 0) is 4.79 Å². The molecule has 1 atom stereocenters. The van der Waals surface area contributed by atoms with Gasteiger partial charge in [0.05, 0.1) is 0 Å². The number of nitrogens with zero attached hydrogens (tertiary/aromatic N) is 1. The predicted octanol–water partition coefficient (Wildman–Crippen LogP) is 3.35. The minimum atomic E-state index is 0. The molecule has 1 unspecified atom stereocenters. The molecular weight excluding hydrogens is 380 g/mol. The van der Waals surface area contributed by atoms with Crippen molar-refractivity contribution in [3.8, 4) is 5.75 Å². The summed E-state index contributed by atoms with van der Waals surface area (Å²) in [5.74, 6) is 0.732. The van der Waals surface area contributed by atoms with Crippen LogP contribution in [0.3, 0.4) is 0 Å². The summed E-state index contributed by atoms with van der Waals surface area (Å²) in [5.41, 5.74) is 5.71. The van der Waals surface area contributed by atoms with Gasteiger partial charge in [-0.15, -0.1) is 12.4 Å². The van der Waals surface area contributed by atoms with E-state index in [4.69, 9.17) is 10.5 Å². The van der Waals surface area contributed by atoms with Gasteiger partial charge in [-0.1, -0.05) is 28.1 Å². The molecule has 0 aliphatic carbocycles. The molecule has 0 radical (unpaired) electrons. The van der Waals surface area contributed by atoms with Gasteiger partial charge in [-0.3, -0.25) is 4.79 Å². The minimum absolute atomic E-state index is 0. The molecule has 23 heavy (non-hydrogen) atoms. The Hall–Kier alpha value is -1.30. The number of hydrogen-bond donors (Lipinski definition) is 1. The van der Waals surface area contributed by atoms with Crippen LogP contribution < -0.4 is 10.5 Å². The Kier molecular flexibility index (Phi) is 6.27. The number of halogens is 2. The van der Waals surface area contributed by atoms with Gasteiger partial charge in [0.15, 0.2) is 6.61 Å². The summed E-state index contributed by atoms with van der Waals surface area (Å²) in [6, 6.07) is 12.1. The third-order valence-corrected chi connectivity index (χ3v) is 4.60. The van der Waals surface area contributed by atoms with Gasteiger partial charge < -0.3 is 15.4 Å². The van der Waals surface area contributed by atoms with Gasteiger partial charge in [0.1, 0.15) is 5.75 Å². The summed E-state index contributed by atoms with van der Waals surface area (Å²) >= 11 is 3.46. The fraction of sp³-hybridized carbons (Fsp3) is 0.353. The summed E-state index contributed by atoms with van der Waals surface area (Å²) in [6.07, 6.45) is 2.02. The minimum Gasteiger partial charge on any atom is -0.484 e. The van der Waals surface area contributed by atoms with Crippen LogP contribution in [0.25, 0.3) is 10.8 Å². The number of nitrogens with two attached hydrogens (primary N) is 1. The Balaban J connectivity index is 0.00000192. The van der Waals surface area contributed by atoms with Crippen LogP contribution in [0.5, 0.6) is 5.75 Å². The SMILES string of the molecule is Cl.NCC1CCCN1C(=O)COc1ccc2cc(Br)ccc2c1. The molecule has 2 aromatic rings. The van der Waals surface area contributed by atoms with E-state index in [0.717, 1.165) is 34.6 Å². The summed E-state index contributed by atoms with van der Waals surface area (Å²) in [5, 5.41) is 2.23. The first-order valence-corrected chi connectivity index (χ1v) is 8.28. The average Bonchev–Trinajstić information content (AvgIpc) is 3.01. The summed E-state index contributed by atoms with van der Waals surface area (Å²) in [4.78, 5) is 14.1. The lowest BCUT2D eigenvalue weighted by Crippen LogP contribution is -2.42. The van der Waals surface area contributed by atoms with Crippen molar-refractivity contribution >= 4 is 45.0 Å². The zero-order chi connectivity index (χ0) is 15.5. The Morgan fingerprint density at radius 2 is 2.00 bits per heavy atom. The number of hydrogen-bond acceptors (Lipinski definition) is 3. The first-order valence-electron chi connectivity index (χ1n) is 7.49. The van der Waals surface area contributed by atoms with Crippen LogP contribution in [0.4, 0.5) is 0 Å². The number of rotatable bonds is 4. The van der Waals surface area contributed by atoms with Crippen LogP contribution in [0.2, 0.25) is 0 Å². The first-order chi connectivity index (χ1) is 10.7. The quantitative estimate of drug-likeness (QED) is 0.858. The second-order valence-corrected chi connectivity index (χ2v) is 6.48. The van der Waals surface area contributed by atoms with E-state index in [1.54, 1.807) is 0 Å². The Labute approximate surface area is 150 Å². The smallest absolute Gasteiger partial charge is 0.260 e. The summed E-state index contributed by atoms with van der Waals surface area (Å²) in [6.45, 7) is 1.38. The maximum Gasteiger partial charge on any atom is 0.260 e. The highest BCUT2D eigenvalue weighted by atomic mass is 79.9. The third kappa shape index (κ3) is 4.16. The molecule has 1 aliphatic rings. The molecule has 2 aromatic carbocycles. The number of benzene rings is 2. The third-order valence-electron chi connectivity index (χ3n) is 4.11. The van der Waals surface area contributed by atoms with Crippen molar-refractivity contribution in [1.82, 2.24) is 4.90 Å². The second kappa shape index (κ2) is 7.99. The van der Waals surface area contributed by atoms with E-state index in [1.165, 1.54) is 0 Å². The topological polar surface area (TPSA) is 55.6 Å². The first kappa shape index (κ1) is 18.0. The van der Waals surface area contributed by atoms with Crippen LogP contribution in [-0.4, -0.2) is 36.5 Å². The lowest BCUT2D eigenvalue weighted by Gasteiger charge is -2.23. The largest absolute Gasteiger partial charge is 0.484 e. The summed E-state index contributed by atoms with van der Waals surface area (Å²) < 4.78 is 6.71. The number of carbonyl (C=O) groups excluding carboxylic acids is 1. The maximum absolute atomic E-state index is 12.2. The molecule has 0 aromatic heterocycles. The molecule has 6 heteroatoms. The van der Waals surface area contributed by atoms with Gasteiger partial charge >= 0.3 is 0 Å². The fourth-order valence-corrected chi connectivity index (χ4v) is 3.30. The van der Waals surface area contributed by atoms with Crippen molar-refractivity contribution in [1.29, 1.82) is 0 Å². The molecule has 3 rings (SSSR count). The van der Waals surface area contributed by atoms with Crippen molar-refractivity contribution in [2.75, 3.05) is 19.7 Å². The van der Waals surface area contributed by atoms with Gasteiger partial charge in [0, 0.05) is 23.6 Å². The lowest BCUT2D eigenvalue weighted by atomic mass is 10.1. The molecule has 4 nitrogen and oxygen atoms in total. The Morgan fingerprint density at radius 1 is 1.26 bits per heavy atom. The van der Waals surface area contributed by atoms with Gasteiger partial charge in [0.2, 0.25) is 0 Å². The molecular formula is C17H20BrClN2O2.